The van der Waals surface area contributed by atoms with Crippen LogP contribution in [0.2, 0.25) is 0 Å². The van der Waals surface area contributed by atoms with Crippen molar-refractivity contribution >= 4 is 0 Å². The van der Waals surface area contributed by atoms with Crippen molar-refractivity contribution in [2.45, 2.75) is 66.8 Å². The molecule has 0 rings (SSSR count). The minimum absolute atomic E-state index is 0.189. The predicted molar refractivity (Wildman–Crippen MR) is 83.1 cm³/mol. The predicted octanol–water partition coefficient (Wildman–Crippen LogP) is 3.77. The van der Waals surface area contributed by atoms with E-state index in [9.17, 15) is 0 Å². The van der Waals surface area contributed by atoms with E-state index in [-0.39, 0.29) is 11.0 Å². The first-order valence-corrected chi connectivity index (χ1v) is 7.34. The molecule has 110 valence electrons. The Morgan fingerprint density at radius 3 is 1.78 bits per heavy atom. The Hall–Kier alpha value is -0.0800. The van der Waals surface area contributed by atoms with Gasteiger partial charge >= 0.3 is 0 Å². The molecule has 18 heavy (non-hydrogen) atoms. The van der Waals surface area contributed by atoms with Gasteiger partial charge in [0.25, 0.3) is 0 Å². The van der Waals surface area contributed by atoms with Crippen molar-refractivity contribution in [2.75, 3.05) is 27.2 Å². The second kappa shape index (κ2) is 6.38. The van der Waals surface area contributed by atoms with Gasteiger partial charge in [-0.1, -0.05) is 41.0 Å². The first-order chi connectivity index (χ1) is 7.96. The van der Waals surface area contributed by atoms with Crippen LogP contribution in [0, 0.1) is 10.8 Å². The SMILES string of the molecule is CCCC(C)(C)CNCC(C)(C)C(C)(C)N(C)C. The third-order valence-electron chi connectivity index (χ3n) is 4.87. The smallest absolute Gasteiger partial charge is 0.0210 e. The summed E-state index contributed by atoms with van der Waals surface area (Å²) in [6, 6.07) is 0. The molecule has 0 unspecified atom stereocenters. The second-order valence-corrected chi connectivity index (χ2v) is 7.86. The van der Waals surface area contributed by atoms with Gasteiger partial charge in [0.05, 0.1) is 0 Å². The summed E-state index contributed by atoms with van der Waals surface area (Å²) < 4.78 is 0. The molecular formula is C16H36N2. The molecule has 0 aromatic heterocycles. The average Bonchev–Trinajstić information content (AvgIpc) is 2.15. The number of hydrogen-bond acceptors (Lipinski definition) is 2. The number of nitrogens with zero attached hydrogens (tertiary/aromatic N) is 1. The van der Waals surface area contributed by atoms with E-state index in [1.54, 1.807) is 0 Å². The van der Waals surface area contributed by atoms with Crippen LogP contribution in [0.3, 0.4) is 0 Å². The van der Waals surface area contributed by atoms with Crippen LogP contribution < -0.4 is 5.32 Å². The molecule has 0 aliphatic rings. The minimum atomic E-state index is 0.189. The standard InChI is InChI=1S/C16H36N2/c1-10-11-14(2,3)12-17-13-15(4,5)16(6,7)18(8)9/h17H,10-13H2,1-9H3. The maximum absolute atomic E-state index is 3.69. The van der Waals surface area contributed by atoms with E-state index in [1.165, 1.54) is 12.8 Å². The molecule has 0 heterocycles. The van der Waals surface area contributed by atoms with Crippen LogP contribution in [0.15, 0.2) is 0 Å². The van der Waals surface area contributed by atoms with Gasteiger partial charge < -0.3 is 10.2 Å². The molecule has 0 aliphatic carbocycles. The molecule has 1 N–H and O–H groups in total. The molecule has 2 nitrogen and oxygen atoms in total. The van der Waals surface area contributed by atoms with E-state index in [0.29, 0.717) is 5.41 Å². The Bertz CT molecular complexity index is 239. The maximum atomic E-state index is 3.69. The van der Waals surface area contributed by atoms with Crippen molar-refractivity contribution < 1.29 is 0 Å². The van der Waals surface area contributed by atoms with E-state index < -0.39 is 0 Å². The zero-order chi connectivity index (χ0) is 14.6. The lowest BCUT2D eigenvalue weighted by atomic mass is 9.73. The van der Waals surface area contributed by atoms with Gasteiger partial charge in [-0.25, -0.2) is 0 Å². The quantitative estimate of drug-likeness (QED) is 0.711. The lowest BCUT2D eigenvalue weighted by molar-refractivity contribution is 0.0484. The lowest BCUT2D eigenvalue weighted by Crippen LogP contribution is -2.55. The van der Waals surface area contributed by atoms with E-state index in [2.05, 4.69) is 72.8 Å². The van der Waals surface area contributed by atoms with Gasteiger partial charge in [-0.05, 0) is 45.2 Å². The first kappa shape index (κ1) is 17.9. The fourth-order valence-electron chi connectivity index (χ4n) is 2.30. The minimum Gasteiger partial charge on any atom is -0.316 e. The maximum Gasteiger partial charge on any atom is 0.0210 e. The van der Waals surface area contributed by atoms with Crippen LogP contribution in [-0.2, 0) is 0 Å². The van der Waals surface area contributed by atoms with Gasteiger partial charge in [-0.15, -0.1) is 0 Å². The monoisotopic (exact) mass is 256 g/mol. The Balaban J connectivity index is 4.37. The van der Waals surface area contributed by atoms with Crippen molar-refractivity contribution in [3.05, 3.63) is 0 Å². The summed E-state index contributed by atoms with van der Waals surface area (Å²) in [4.78, 5) is 2.33. The Labute approximate surface area is 116 Å². The van der Waals surface area contributed by atoms with Crippen LogP contribution in [0.25, 0.3) is 0 Å². The van der Waals surface area contributed by atoms with Gasteiger partial charge in [0.15, 0.2) is 0 Å². The van der Waals surface area contributed by atoms with Gasteiger partial charge in [-0.2, -0.15) is 0 Å². The van der Waals surface area contributed by atoms with Crippen LogP contribution in [-0.4, -0.2) is 37.6 Å². The fourth-order valence-corrected chi connectivity index (χ4v) is 2.30. The zero-order valence-electron chi connectivity index (χ0n) is 14.3. The van der Waals surface area contributed by atoms with Gasteiger partial charge in [0.1, 0.15) is 0 Å². The summed E-state index contributed by atoms with van der Waals surface area (Å²) in [7, 11) is 4.34. The highest BCUT2D eigenvalue weighted by atomic mass is 15.2. The number of hydrogen-bond donors (Lipinski definition) is 1. The van der Waals surface area contributed by atoms with Crippen LogP contribution in [0.5, 0.6) is 0 Å². The lowest BCUT2D eigenvalue weighted by Gasteiger charge is -2.47. The van der Waals surface area contributed by atoms with Crippen LogP contribution >= 0.6 is 0 Å². The Kier molecular flexibility index (Phi) is 6.35. The van der Waals surface area contributed by atoms with Crippen LogP contribution in [0.1, 0.15) is 61.3 Å². The molecule has 0 atom stereocenters. The second-order valence-electron chi connectivity index (χ2n) is 7.86. The Morgan fingerprint density at radius 2 is 1.39 bits per heavy atom. The van der Waals surface area contributed by atoms with Crippen LogP contribution in [0.4, 0.5) is 0 Å². The largest absolute Gasteiger partial charge is 0.316 e. The third-order valence-corrected chi connectivity index (χ3v) is 4.87. The molecule has 0 spiro atoms. The van der Waals surface area contributed by atoms with Crippen molar-refractivity contribution in [3.63, 3.8) is 0 Å². The molecule has 0 saturated heterocycles. The molecule has 0 aromatic rings. The molecule has 0 aromatic carbocycles. The van der Waals surface area contributed by atoms with E-state index >= 15 is 0 Å². The van der Waals surface area contributed by atoms with Gasteiger partial charge in [0.2, 0.25) is 0 Å². The topological polar surface area (TPSA) is 15.3 Å². The molecule has 0 bridgehead atoms. The summed E-state index contributed by atoms with van der Waals surface area (Å²) in [5.41, 5.74) is 0.848. The summed E-state index contributed by atoms with van der Waals surface area (Å²) in [6.45, 7) is 18.5. The third kappa shape index (κ3) is 4.89. The summed E-state index contributed by atoms with van der Waals surface area (Å²) >= 11 is 0. The van der Waals surface area contributed by atoms with Gasteiger partial charge in [0, 0.05) is 18.6 Å². The fraction of sp³-hybridized carbons (Fsp3) is 1.00. The molecule has 0 aliphatic heterocycles. The molecule has 0 fully saturated rings. The number of nitrogens with one attached hydrogen (secondary N) is 1. The highest BCUT2D eigenvalue weighted by Crippen LogP contribution is 2.33. The van der Waals surface area contributed by atoms with Gasteiger partial charge in [-0.3, -0.25) is 0 Å². The first-order valence-electron chi connectivity index (χ1n) is 7.34. The van der Waals surface area contributed by atoms with Crippen molar-refractivity contribution in [2.24, 2.45) is 10.8 Å². The van der Waals surface area contributed by atoms with E-state index in [1.807, 2.05) is 0 Å². The highest BCUT2D eigenvalue weighted by Gasteiger charge is 2.38. The summed E-state index contributed by atoms with van der Waals surface area (Å²) in [5, 5.41) is 3.69. The van der Waals surface area contributed by atoms with E-state index in [0.717, 1.165) is 13.1 Å². The summed E-state index contributed by atoms with van der Waals surface area (Å²) in [6.07, 6.45) is 2.55. The number of rotatable bonds is 8. The summed E-state index contributed by atoms with van der Waals surface area (Å²) in [5.74, 6) is 0. The van der Waals surface area contributed by atoms with Crippen molar-refractivity contribution in [3.8, 4) is 0 Å². The normalized spacial score (nSPS) is 14.3. The van der Waals surface area contributed by atoms with Crippen molar-refractivity contribution in [1.82, 2.24) is 10.2 Å². The van der Waals surface area contributed by atoms with Crippen molar-refractivity contribution in [1.29, 1.82) is 0 Å². The van der Waals surface area contributed by atoms with E-state index in [4.69, 9.17) is 0 Å². The average molecular weight is 256 g/mol. The highest BCUT2D eigenvalue weighted by molar-refractivity contribution is 4.94. The molecule has 0 saturated carbocycles. The zero-order valence-corrected chi connectivity index (χ0v) is 14.3. The molecule has 0 radical (unpaired) electrons. The molecular weight excluding hydrogens is 220 g/mol. The molecule has 0 amide bonds. The molecule has 2 heteroatoms. The Morgan fingerprint density at radius 1 is 0.889 bits per heavy atom.